The van der Waals surface area contributed by atoms with Crippen molar-refractivity contribution >= 4 is 23.3 Å². The molecular formula is C29H30F6N4O6. The van der Waals surface area contributed by atoms with Crippen LogP contribution >= 0.6 is 0 Å². The van der Waals surface area contributed by atoms with Gasteiger partial charge in [-0.25, -0.2) is 9.78 Å². The Morgan fingerprint density at radius 3 is 2.33 bits per heavy atom. The largest absolute Gasteiger partial charge is 0.444 e. The van der Waals surface area contributed by atoms with E-state index in [2.05, 4.69) is 33.7 Å². The van der Waals surface area contributed by atoms with Gasteiger partial charge in [-0.3, -0.25) is 14.9 Å². The van der Waals surface area contributed by atoms with E-state index in [1.54, 1.807) is 0 Å². The minimum absolute atomic E-state index is 0.195. The summed E-state index contributed by atoms with van der Waals surface area (Å²) in [6, 6.07) is 0.348. The fourth-order valence-electron chi connectivity index (χ4n) is 4.25. The smallest absolute Gasteiger partial charge is 0.426 e. The van der Waals surface area contributed by atoms with Gasteiger partial charge in [-0.2, -0.15) is 26.3 Å². The Morgan fingerprint density at radius 2 is 1.76 bits per heavy atom. The van der Waals surface area contributed by atoms with Crippen molar-refractivity contribution in [2.75, 3.05) is 11.9 Å². The number of alkyl halides is 6. The molecule has 45 heavy (non-hydrogen) atoms. The molecule has 2 aromatic rings. The summed E-state index contributed by atoms with van der Waals surface area (Å²) in [6.07, 6.45) is -10.8. The standard InChI is InChI=1S/C29H30F6N4O6/c1-6-9-16(7-2)15-43-27(29(33,34)35)13-8-10-17(40)11-12-20(41)21-18(28(30,31)32)14-19(36-25(42)45-26(3,4)5)22(37-21)23-38-39-24(27)44-23/h6-7,9,14H,1-2,8,10-13,15H2,3-5H3,(H,36,42)/b16-9+. The number of hydrogen-bond donors (Lipinski definition) is 1. The zero-order chi connectivity index (χ0) is 33.8. The molecule has 16 heteroatoms. The van der Waals surface area contributed by atoms with Crippen molar-refractivity contribution in [3.63, 3.8) is 0 Å². The maximum atomic E-state index is 14.9. The summed E-state index contributed by atoms with van der Waals surface area (Å²) in [5.74, 6) is -3.89. The van der Waals surface area contributed by atoms with Gasteiger partial charge in [0.1, 0.15) is 17.1 Å². The Balaban J connectivity index is 2.32. The van der Waals surface area contributed by atoms with Crippen LogP contribution in [0.25, 0.3) is 11.6 Å². The van der Waals surface area contributed by atoms with Crippen LogP contribution in [0.5, 0.6) is 0 Å². The summed E-state index contributed by atoms with van der Waals surface area (Å²) in [7, 11) is 0. The number of ketones is 2. The van der Waals surface area contributed by atoms with Gasteiger partial charge >= 0.3 is 18.4 Å². The van der Waals surface area contributed by atoms with E-state index < -0.39 is 114 Å². The SMILES string of the molecule is C=C/C=C(\C=C)COC1(C(F)(F)F)CCCC(=O)CCC(=O)c2nc(c(NC(=O)OC(C)(C)C)cc2C(F)(F)F)-c2nnc1o2. The fraction of sp³-hybridized carbons (Fsp3) is 0.448. The molecule has 1 N–H and O–H groups in total. The number of amides is 1. The summed E-state index contributed by atoms with van der Waals surface area (Å²) >= 11 is 0. The van der Waals surface area contributed by atoms with Gasteiger partial charge in [-0.15, -0.1) is 10.2 Å². The topological polar surface area (TPSA) is 134 Å². The first kappa shape index (κ1) is 35.1. The van der Waals surface area contributed by atoms with Crippen LogP contribution in [0.4, 0.5) is 36.8 Å². The molecule has 0 aliphatic carbocycles. The first-order chi connectivity index (χ1) is 20.8. The number of aromatic nitrogens is 3. The normalized spacial score (nSPS) is 18.6. The highest BCUT2D eigenvalue weighted by molar-refractivity contribution is 6.00. The number of rotatable bonds is 6. The second kappa shape index (κ2) is 13.3. The van der Waals surface area contributed by atoms with Gasteiger partial charge in [0, 0.05) is 19.3 Å². The molecule has 1 amide bonds. The number of anilines is 1. The number of pyridine rings is 1. The molecule has 0 aromatic carbocycles. The van der Waals surface area contributed by atoms with E-state index in [-0.39, 0.29) is 5.57 Å². The summed E-state index contributed by atoms with van der Waals surface area (Å²) in [5.41, 5.74) is -8.47. The second-order valence-corrected chi connectivity index (χ2v) is 10.9. The van der Waals surface area contributed by atoms with Crippen molar-refractivity contribution < 1.29 is 54.6 Å². The minimum atomic E-state index is -5.22. The number of hydrogen-bond acceptors (Lipinski definition) is 9. The number of nitrogens with zero attached hydrogens (tertiary/aromatic N) is 3. The number of carbonyl (C=O) groups excluding carboxylic acids is 3. The van der Waals surface area contributed by atoms with Crippen molar-refractivity contribution in [2.24, 2.45) is 0 Å². The van der Waals surface area contributed by atoms with E-state index in [9.17, 15) is 40.7 Å². The highest BCUT2D eigenvalue weighted by atomic mass is 19.4. The summed E-state index contributed by atoms with van der Waals surface area (Å²) in [4.78, 5) is 41.7. The van der Waals surface area contributed by atoms with Gasteiger partial charge in [0.25, 0.3) is 11.8 Å². The van der Waals surface area contributed by atoms with E-state index >= 15 is 0 Å². The lowest BCUT2D eigenvalue weighted by Crippen LogP contribution is -2.45. The molecule has 0 radical (unpaired) electrons. The number of carbonyl (C=O) groups is 3. The Hall–Kier alpha value is -4.34. The predicted molar refractivity (Wildman–Crippen MR) is 147 cm³/mol. The Morgan fingerprint density at radius 1 is 1.07 bits per heavy atom. The number of ether oxygens (including phenoxy) is 2. The van der Waals surface area contributed by atoms with Crippen LogP contribution in [-0.4, -0.2) is 51.2 Å². The van der Waals surface area contributed by atoms with Crippen LogP contribution < -0.4 is 5.32 Å². The van der Waals surface area contributed by atoms with Crippen molar-refractivity contribution in [1.82, 2.24) is 15.2 Å². The van der Waals surface area contributed by atoms with E-state index in [0.29, 0.717) is 6.07 Å². The van der Waals surface area contributed by atoms with E-state index in [1.807, 2.05) is 0 Å². The van der Waals surface area contributed by atoms with Crippen molar-refractivity contribution in [3.05, 3.63) is 60.2 Å². The molecule has 1 aliphatic heterocycles. The van der Waals surface area contributed by atoms with Gasteiger partial charge in [-0.05, 0) is 45.3 Å². The van der Waals surface area contributed by atoms with Crippen molar-refractivity contribution in [1.29, 1.82) is 0 Å². The predicted octanol–water partition coefficient (Wildman–Crippen LogP) is 7.29. The number of allylic oxidation sites excluding steroid dienone is 2. The van der Waals surface area contributed by atoms with Crippen LogP contribution in [0.3, 0.4) is 0 Å². The maximum absolute atomic E-state index is 14.9. The van der Waals surface area contributed by atoms with E-state index in [1.165, 1.54) is 39.0 Å². The van der Waals surface area contributed by atoms with Crippen molar-refractivity contribution in [3.8, 4) is 11.6 Å². The van der Waals surface area contributed by atoms with Crippen LogP contribution in [-0.2, 0) is 26.0 Å². The highest BCUT2D eigenvalue weighted by Gasteiger charge is 2.61. The first-order valence-electron chi connectivity index (χ1n) is 13.5. The van der Waals surface area contributed by atoms with Crippen LogP contribution in [0.1, 0.15) is 74.8 Å². The molecule has 1 aliphatic rings. The molecule has 3 rings (SSSR count). The van der Waals surface area contributed by atoms with Crippen LogP contribution in [0.15, 0.2) is 47.4 Å². The summed E-state index contributed by atoms with van der Waals surface area (Å²) in [6.45, 7) is 10.8. The maximum Gasteiger partial charge on any atom is 0.426 e. The fourth-order valence-corrected chi connectivity index (χ4v) is 4.25. The second-order valence-electron chi connectivity index (χ2n) is 10.9. The quantitative estimate of drug-likeness (QED) is 0.254. The lowest BCUT2D eigenvalue weighted by Gasteiger charge is -2.32. The lowest BCUT2D eigenvalue weighted by atomic mass is 9.93. The molecule has 0 saturated carbocycles. The highest BCUT2D eigenvalue weighted by Crippen LogP contribution is 2.47. The van der Waals surface area contributed by atoms with Crippen LogP contribution in [0, 0.1) is 0 Å². The molecule has 1 unspecified atom stereocenters. The van der Waals surface area contributed by atoms with Gasteiger partial charge < -0.3 is 13.9 Å². The van der Waals surface area contributed by atoms with Gasteiger partial charge in [0.2, 0.25) is 5.60 Å². The van der Waals surface area contributed by atoms with E-state index in [0.717, 1.165) is 0 Å². The van der Waals surface area contributed by atoms with Crippen molar-refractivity contribution in [2.45, 2.75) is 76.4 Å². The number of halogens is 6. The third kappa shape index (κ3) is 8.44. The number of fused-ring (bicyclic) bond motifs is 5. The average molecular weight is 645 g/mol. The van der Waals surface area contributed by atoms with Gasteiger partial charge in [0.05, 0.1) is 17.9 Å². The summed E-state index contributed by atoms with van der Waals surface area (Å²) < 4.78 is 103. The average Bonchev–Trinajstić information content (AvgIpc) is 3.40. The molecule has 3 heterocycles. The monoisotopic (exact) mass is 644 g/mol. The molecule has 244 valence electrons. The Kier molecular flexibility index (Phi) is 10.4. The van der Waals surface area contributed by atoms with E-state index in [4.69, 9.17) is 13.9 Å². The molecule has 0 saturated heterocycles. The Labute approximate surface area is 253 Å². The third-order valence-electron chi connectivity index (χ3n) is 6.35. The molecule has 2 aromatic heterocycles. The number of nitrogens with one attached hydrogen (secondary N) is 1. The Bertz CT molecular complexity index is 1510. The molecule has 10 nitrogen and oxygen atoms in total. The van der Waals surface area contributed by atoms with Gasteiger partial charge in [-0.1, -0.05) is 31.4 Å². The lowest BCUT2D eigenvalue weighted by molar-refractivity contribution is -0.293. The molecule has 0 fully saturated rings. The zero-order valence-electron chi connectivity index (χ0n) is 24.5. The summed E-state index contributed by atoms with van der Waals surface area (Å²) in [5, 5.41) is 9.17. The zero-order valence-corrected chi connectivity index (χ0v) is 24.5. The number of Topliss-reactive ketones (excluding diaryl/α,β-unsaturated/α-hetero) is 2. The molecular weight excluding hydrogens is 614 g/mol. The minimum Gasteiger partial charge on any atom is -0.444 e. The van der Waals surface area contributed by atoms with Gasteiger partial charge in [0.15, 0.2) is 11.5 Å². The molecule has 4 bridgehead atoms. The van der Waals surface area contributed by atoms with Crippen LogP contribution in [0.2, 0.25) is 0 Å². The molecule has 1 atom stereocenters. The third-order valence-corrected chi connectivity index (χ3v) is 6.35. The first-order valence-corrected chi connectivity index (χ1v) is 13.5. The molecule has 0 spiro atoms.